The van der Waals surface area contributed by atoms with Crippen molar-refractivity contribution >= 4 is 5.91 Å². The average molecular weight is 261 g/mol. The van der Waals surface area contributed by atoms with Gasteiger partial charge in [-0.05, 0) is 43.7 Å². The quantitative estimate of drug-likeness (QED) is 0.903. The van der Waals surface area contributed by atoms with E-state index in [2.05, 4.69) is 19.1 Å². The summed E-state index contributed by atoms with van der Waals surface area (Å²) in [6.07, 6.45) is 3.85. The van der Waals surface area contributed by atoms with Crippen molar-refractivity contribution in [3.8, 4) is 0 Å². The molecule has 1 aliphatic heterocycles. The summed E-state index contributed by atoms with van der Waals surface area (Å²) in [4.78, 5) is 13.8. The molecule has 1 aliphatic rings. The molecule has 0 spiro atoms. The molecule has 1 fully saturated rings. The van der Waals surface area contributed by atoms with Crippen LogP contribution in [0.25, 0.3) is 0 Å². The lowest BCUT2D eigenvalue weighted by Crippen LogP contribution is -2.42. The zero-order valence-electron chi connectivity index (χ0n) is 11.6. The number of amides is 1. The lowest BCUT2D eigenvalue weighted by molar-refractivity contribution is -0.134. The highest BCUT2D eigenvalue weighted by Gasteiger charge is 2.21. The van der Waals surface area contributed by atoms with Crippen molar-refractivity contribution in [2.45, 2.75) is 45.1 Å². The Morgan fingerprint density at radius 1 is 1.42 bits per heavy atom. The molecule has 0 aromatic heterocycles. The fourth-order valence-electron chi connectivity index (χ4n) is 2.66. The van der Waals surface area contributed by atoms with Crippen LogP contribution in [0.4, 0.5) is 0 Å². The van der Waals surface area contributed by atoms with Crippen molar-refractivity contribution in [2.24, 2.45) is 0 Å². The topological polar surface area (TPSA) is 40.5 Å². The third kappa shape index (κ3) is 4.06. The van der Waals surface area contributed by atoms with Gasteiger partial charge >= 0.3 is 0 Å². The Balaban J connectivity index is 1.76. The largest absolute Gasteiger partial charge is 0.391 e. The van der Waals surface area contributed by atoms with E-state index in [0.29, 0.717) is 13.0 Å². The summed E-state index contributed by atoms with van der Waals surface area (Å²) in [5.74, 6) is 0.187. The highest BCUT2D eigenvalue weighted by atomic mass is 16.3. The van der Waals surface area contributed by atoms with Gasteiger partial charge in [-0.15, -0.1) is 0 Å². The maximum absolute atomic E-state index is 12.0. The summed E-state index contributed by atoms with van der Waals surface area (Å²) in [6, 6.07) is 8.33. The first-order valence-electron chi connectivity index (χ1n) is 7.17. The number of hydrogen-bond donors (Lipinski definition) is 1. The normalized spacial score (nSPS) is 19.5. The lowest BCUT2D eigenvalue weighted by Gasteiger charge is -2.30. The number of hydrogen-bond acceptors (Lipinski definition) is 2. The zero-order chi connectivity index (χ0) is 13.7. The fraction of sp³-hybridized carbons (Fsp3) is 0.562. The number of aliphatic hydroxyl groups excluding tert-OH is 1. The Hall–Kier alpha value is -1.35. The second kappa shape index (κ2) is 6.71. The van der Waals surface area contributed by atoms with Crippen LogP contribution in [0.5, 0.6) is 0 Å². The molecule has 1 saturated heterocycles. The van der Waals surface area contributed by atoms with E-state index in [9.17, 15) is 9.90 Å². The third-order valence-electron chi connectivity index (χ3n) is 3.85. The molecule has 3 heteroatoms. The summed E-state index contributed by atoms with van der Waals surface area (Å²) in [7, 11) is 0. The summed E-state index contributed by atoms with van der Waals surface area (Å²) in [5, 5.41) is 9.57. The van der Waals surface area contributed by atoms with Gasteiger partial charge < -0.3 is 10.0 Å². The number of aryl methyl sites for hydroxylation is 2. The van der Waals surface area contributed by atoms with Crippen molar-refractivity contribution in [3.63, 3.8) is 0 Å². The molecule has 0 saturated carbocycles. The molecule has 1 aromatic rings. The number of likely N-dealkylation sites (tertiary alicyclic amines) is 1. The summed E-state index contributed by atoms with van der Waals surface area (Å²) in [5.41, 5.74) is 2.62. The van der Waals surface area contributed by atoms with Gasteiger partial charge in [0.25, 0.3) is 0 Å². The molecular formula is C16H23NO2. The van der Waals surface area contributed by atoms with Crippen molar-refractivity contribution in [2.75, 3.05) is 13.1 Å². The smallest absolute Gasteiger partial charge is 0.222 e. The number of carbonyl (C=O) groups excluding carboxylic acids is 1. The first kappa shape index (κ1) is 14.1. The number of nitrogens with zero attached hydrogens (tertiary/aromatic N) is 1. The lowest BCUT2D eigenvalue weighted by atomic mass is 10.0. The number of carbonyl (C=O) groups is 1. The molecule has 0 radical (unpaired) electrons. The molecule has 1 unspecified atom stereocenters. The second-order valence-electron chi connectivity index (χ2n) is 5.42. The van der Waals surface area contributed by atoms with Crippen LogP contribution in [-0.4, -0.2) is 35.1 Å². The van der Waals surface area contributed by atoms with Crippen LogP contribution >= 0.6 is 0 Å². The van der Waals surface area contributed by atoms with Gasteiger partial charge in [0.1, 0.15) is 0 Å². The van der Waals surface area contributed by atoms with E-state index in [-0.39, 0.29) is 12.0 Å². The fourth-order valence-corrected chi connectivity index (χ4v) is 2.66. The summed E-state index contributed by atoms with van der Waals surface area (Å²) in [6.45, 7) is 3.43. The monoisotopic (exact) mass is 261 g/mol. The van der Waals surface area contributed by atoms with Crippen LogP contribution in [0.2, 0.25) is 0 Å². The van der Waals surface area contributed by atoms with E-state index < -0.39 is 0 Å². The van der Waals surface area contributed by atoms with Gasteiger partial charge in [-0.1, -0.05) is 24.3 Å². The van der Waals surface area contributed by atoms with E-state index in [4.69, 9.17) is 0 Å². The molecule has 104 valence electrons. The van der Waals surface area contributed by atoms with Crippen molar-refractivity contribution < 1.29 is 9.90 Å². The van der Waals surface area contributed by atoms with Crippen molar-refractivity contribution in [1.29, 1.82) is 0 Å². The van der Waals surface area contributed by atoms with Crippen molar-refractivity contribution in [3.05, 3.63) is 35.4 Å². The number of β-amino-alcohol motifs (C(OH)–C–C–N with tert-alkyl or cyclic N) is 1. The van der Waals surface area contributed by atoms with Gasteiger partial charge in [-0.25, -0.2) is 0 Å². The van der Waals surface area contributed by atoms with Crippen LogP contribution in [0.15, 0.2) is 24.3 Å². The van der Waals surface area contributed by atoms with Gasteiger partial charge in [0, 0.05) is 19.5 Å². The third-order valence-corrected chi connectivity index (χ3v) is 3.85. The van der Waals surface area contributed by atoms with Crippen LogP contribution in [0, 0.1) is 6.92 Å². The van der Waals surface area contributed by atoms with Crippen molar-refractivity contribution in [1.82, 2.24) is 4.90 Å². The standard InChI is InChI=1S/C16H23NO2/c1-13-6-2-3-7-14(13)8-4-10-16(19)17-11-5-9-15(18)12-17/h2-3,6-7,15,18H,4-5,8-12H2,1H3. The van der Waals surface area contributed by atoms with E-state index in [1.165, 1.54) is 11.1 Å². The molecule has 2 rings (SSSR count). The molecule has 1 heterocycles. The van der Waals surface area contributed by atoms with Gasteiger partial charge in [0.2, 0.25) is 5.91 Å². The zero-order valence-corrected chi connectivity index (χ0v) is 11.6. The predicted molar refractivity (Wildman–Crippen MR) is 75.9 cm³/mol. The molecule has 0 bridgehead atoms. The molecular weight excluding hydrogens is 238 g/mol. The Morgan fingerprint density at radius 2 is 2.21 bits per heavy atom. The molecule has 1 atom stereocenters. The van der Waals surface area contributed by atoms with Crippen LogP contribution in [0.1, 0.15) is 36.8 Å². The number of benzene rings is 1. The minimum absolute atomic E-state index is 0.187. The number of rotatable bonds is 4. The molecule has 1 aromatic carbocycles. The minimum atomic E-state index is -0.325. The van der Waals surface area contributed by atoms with Gasteiger partial charge in [0.15, 0.2) is 0 Å². The van der Waals surface area contributed by atoms with Crippen LogP contribution in [0.3, 0.4) is 0 Å². The Labute approximate surface area is 115 Å². The SMILES string of the molecule is Cc1ccccc1CCCC(=O)N1CCCC(O)C1. The van der Waals surface area contributed by atoms with Crippen LogP contribution in [-0.2, 0) is 11.2 Å². The highest BCUT2D eigenvalue weighted by Crippen LogP contribution is 2.14. The Morgan fingerprint density at radius 3 is 2.95 bits per heavy atom. The van der Waals surface area contributed by atoms with Gasteiger partial charge in [-0.2, -0.15) is 0 Å². The molecule has 19 heavy (non-hydrogen) atoms. The molecule has 1 amide bonds. The molecule has 0 aliphatic carbocycles. The van der Waals surface area contributed by atoms with E-state index in [1.54, 1.807) is 0 Å². The Bertz CT molecular complexity index is 431. The van der Waals surface area contributed by atoms with E-state index in [0.717, 1.165) is 32.2 Å². The maximum Gasteiger partial charge on any atom is 0.222 e. The summed E-state index contributed by atoms with van der Waals surface area (Å²) >= 11 is 0. The maximum atomic E-state index is 12.0. The van der Waals surface area contributed by atoms with Crippen LogP contribution < -0.4 is 0 Å². The van der Waals surface area contributed by atoms with E-state index >= 15 is 0 Å². The first-order valence-corrected chi connectivity index (χ1v) is 7.17. The second-order valence-corrected chi connectivity index (χ2v) is 5.42. The Kier molecular flexibility index (Phi) is 4.97. The van der Waals surface area contributed by atoms with E-state index in [1.807, 2.05) is 17.0 Å². The number of aliphatic hydroxyl groups is 1. The predicted octanol–water partition coefficient (Wildman–Crippen LogP) is 2.30. The number of piperidine rings is 1. The average Bonchev–Trinajstić information content (AvgIpc) is 2.41. The highest BCUT2D eigenvalue weighted by molar-refractivity contribution is 5.76. The minimum Gasteiger partial charge on any atom is -0.391 e. The molecule has 1 N–H and O–H groups in total. The van der Waals surface area contributed by atoms with Gasteiger partial charge in [-0.3, -0.25) is 4.79 Å². The van der Waals surface area contributed by atoms with Gasteiger partial charge in [0.05, 0.1) is 6.10 Å². The molecule has 3 nitrogen and oxygen atoms in total. The first-order chi connectivity index (χ1) is 9.16. The summed E-state index contributed by atoms with van der Waals surface area (Å²) < 4.78 is 0.